The first-order chi connectivity index (χ1) is 17.0. The second-order valence-corrected chi connectivity index (χ2v) is 9.28. The van der Waals surface area contributed by atoms with Gasteiger partial charge in [0.1, 0.15) is 5.75 Å². The Labute approximate surface area is 205 Å². The molecule has 1 aliphatic carbocycles. The minimum atomic E-state index is -1.40. The van der Waals surface area contributed by atoms with Crippen molar-refractivity contribution < 1.29 is 14.3 Å². The van der Waals surface area contributed by atoms with Crippen molar-refractivity contribution in [3.8, 4) is 5.75 Å². The van der Waals surface area contributed by atoms with Crippen molar-refractivity contribution in [3.63, 3.8) is 0 Å². The van der Waals surface area contributed by atoms with Crippen LogP contribution in [0.5, 0.6) is 5.75 Å². The Morgan fingerprint density at radius 3 is 2.57 bits per heavy atom. The number of hydrogen-bond acceptors (Lipinski definition) is 5. The fourth-order valence-corrected chi connectivity index (χ4v) is 5.35. The zero-order chi connectivity index (χ0) is 24.4. The average molecular weight is 471 g/mol. The van der Waals surface area contributed by atoms with Crippen molar-refractivity contribution in [2.45, 2.75) is 50.2 Å². The summed E-state index contributed by atoms with van der Waals surface area (Å²) in [7, 11) is 1.61. The molecule has 7 heteroatoms. The van der Waals surface area contributed by atoms with Crippen LogP contribution in [-0.4, -0.2) is 34.8 Å². The molecular weight excluding hydrogens is 440 g/mol. The third kappa shape index (κ3) is 4.01. The number of hydrogen-bond donors (Lipinski definition) is 2. The first-order valence-electron chi connectivity index (χ1n) is 12.1. The summed E-state index contributed by atoms with van der Waals surface area (Å²) in [5.41, 5.74) is 7.58. The average Bonchev–Trinajstić information content (AvgIpc) is 3.13. The molecule has 2 heterocycles. The largest absolute Gasteiger partial charge is 0.497 e. The molecule has 5 rings (SSSR count). The van der Waals surface area contributed by atoms with Crippen molar-refractivity contribution >= 4 is 17.5 Å². The van der Waals surface area contributed by atoms with Crippen LogP contribution < -0.4 is 15.8 Å². The number of amides is 2. The highest BCUT2D eigenvalue weighted by molar-refractivity contribution is 6.09. The van der Waals surface area contributed by atoms with Crippen LogP contribution in [0.2, 0.25) is 0 Å². The minimum Gasteiger partial charge on any atom is -0.497 e. The maximum atomic E-state index is 14.3. The van der Waals surface area contributed by atoms with Crippen LogP contribution >= 0.6 is 0 Å². The van der Waals surface area contributed by atoms with E-state index in [0.717, 1.165) is 37.0 Å². The number of ether oxygens (including phenoxy) is 1. The predicted octanol–water partition coefficient (Wildman–Crippen LogP) is 4.02. The summed E-state index contributed by atoms with van der Waals surface area (Å²) in [6.45, 7) is 0.228. The van der Waals surface area contributed by atoms with Crippen molar-refractivity contribution in [2.75, 3.05) is 12.8 Å². The van der Waals surface area contributed by atoms with Gasteiger partial charge in [-0.15, -0.1) is 0 Å². The molecular formula is C28H30N4O3. The lowest BCUT2D eigenvalue weighted by Gasteiger charge is -2.39. The molecule has 1 atom stereocenters. The number of anilines is 1. The maximum absolute atomic E-state index is 14.3. The fourth-order valence-electron chi connectivity index (χ4n) is 5.35. The highest BCUT2D eigenvalue weighted by Crippen LogP contribution is 2.45. The molecule has 2 amide bonds. The lowest BCUT2D eigenvalue weighted by molar-refractivity contribution is -0.131. The Balaban J connectivity index is 1.66. The lowest BCUT2D eigenvalue weighted by atomic mass is 9.83. The quantitative estimate of drug-likeness (QED) is 0.531. The van der Waals surface area contributed by atoms with Crippen molar-refractivity contribution in [1.29, 1.82) is 0 Å². The van der Waals surface area contributed by atoms with Crippen LogP contribution in [0.4, 0.5) is 5.69 Å². The van der Waals surface area contributed by atoms with Crippen molar-refractivity contribution in [2.24, 2.45) is 0 Å². The third-order valence-corrected chi connectivity index (χ3v) is 7.12. The number of methoxy groups -OCH3 is 1. The lowest BCUT2D eigenvalue weighted by Crippen LogP contribution is -2.57. The van der Waals surface area contributed by atoms with Gasteiger partial charge in [0.05, 0.1) is 12.8 Å². The molecule has 0 spiro atoms. The van der Waals surface area contributed by atoms with Crippen LogP contribution in [0.25, 0.3) is 0 Å². The minimum absolute atomic E-state index is 0.0765. The zero-order valence-electron chi connectivity index (χ0n) is 19.9. The Kier molecular flexibility index (Phi) is 6.16. The molecule has 1 aliphatic heterocycles. The molecule has 2 aliphatic rings. The molecule has 3 N–H and O–H groups in total. The van der Waals surface area contributed by atoms with Crippen LogP contribution in [0.1, 0.15) is 59.3 Å². The number of carbonyl (C=O) groups excluding carboxylic acids is 2. The maximum Gasteiger partial charge on any atom is 0.257 e. The predicted molar refractivity (Wildman–Crippen MR) is 134 cm³/mol. The standard InChI is InChI=1S/C28H30N4O3/c1-35-22-13-10-19(11-14-22)18-32-26(33)23-17-20(29)12-15-24(23)28(32,25-9-5-6-16-30-25)27(34)31-21-7-3-2-4-8-21/h5-6,9-17,21H,2-4,7-8,18,29H2,1H3,(H,31,34). The number of pyridine rings is 1. The number of rotatable bonds is 6. The topological polar surface area (TPSA) is 97.5 Å². The first-order valence-corrected chi connectivity index (χ1v) is 12.1. The molecule has 0 saturated heterocycles. The molecule has 35 heavy (non-hydrogen) atoms. The van der Waals surface area contributed by atoms with Gasteiger partial charge in [-0.3, -0.25) is 14.6 Å². The third-order valence-electron chi connectivity index (χ3n) is 7.12. The number of nitrogen functional groups attached to an aromatic ring is 1. The van der Waals surface area contributed by atoms with E-state index in [2.05, 4.69) is 10.3 Å². The zero-order valence-corrected chi connectivity index (χ0v) is 19.9. The first kappa shape index (κ1) is 22.9. The van der Waals surface area contributed by atoms with Crippen molar-refractivity contribution in [3.05, 3.63) is 89.2 Å². The number of nitrogens with one attached hydrogen (secondary N) is 1. The van der Waals surface area contributed by atoms with E-state index >= 15 is 0 Å². The fraction of sp³-hybridized carbons (Fsp3) is 0.321. The van der Waals surface area contributed by atoms with Gasteiger partial charge in [-0.2, -0.15) is 0 Å². The van der Waals surface area contributed by atoms with Gasteiger partial charge in [-0.1, -0.05) is 43.5 Å². The van der Waals surface area contributed by atoms with E-state index < -0.39 is 5.54 Å². The molecule has 1 saturated carbocycles. The van der Waals surface area contributed by atoms with E-state index in [1.54, 1.807) is 36.4 Å². The number of fused-ring (bicyclic) bond motifs is 1. The van der Waals surface area contributed by atoms with Gasteiger partial charge in [-0.25, -0.2) is 0 Å². The molecule has 7 nitrogen and oxygen atoms in total. The molecule has 1 unspecified atom stereocenters. The van der Waals surface area contributed by atoms with Crippen LogP contribution in [-0.2, 0) is 16.9 Å². The van der Waals surface area contributed by atoms with Crippen LogP contribution in [0.15, 0.2) is 66.9 Å². The van der Waals surface area contributed by atoms with Gasteiger partial charge >= 0.3 is 0 Å². The van der Waals surface area contributed by atoms with Gasteiger partial charge in [-0.05, 0) is 54.8 Å². The molecule has 3 aromatic rings. The van der Waals surface area contributed by atoms with E-state index in [4.69, 9.17) is 10.5 Å². The number of aromatic nitrogens is 1. The Morgan fingerprint density at radius 1 is 1.11 bits per heavy atom. The second-order valence-electron chi connectivity index (χ2n) is 9.28. The van der Waals surface area contributed by atoms with Crippen LogP contribution in [0.3, 0.4) is 0 Å². The molecule has 0 radical (unpaired) electrons. The van der Waals surface area contributed by atoms with Crippen LogP contribution in [0, 0.1) is 0 Å². The summed E-state index contributed by atoms with van der Waals surface area (Å²) >= 11 is 0. The summed E-state index contributed by atoms with van der Waals surface area (Å²) in [5, 5.41) is 3.29. The van der Waals surface area contributed by atoms with Gasteiger partial charge in [0, 0.05) is 35.6 Å². The summed E-state index contributed by atoms with van der Waals surface area (Å²) in [5.74, 6) is 0.254. The number of carbonyl (C=O) groups is 2. The summed E-state index contributed by atoms with van der Waals surface area (Å²) < 4.78 is 5.29. The Morgan fingerprint density at radius 2 is 1.89 bits per heavy atom. The number of nitrogens with zero attached hydrogens (tertiary/aromatic N) is 2. The van der Waals surface area contributed by atoms with Crippen molar-refractivity contribution in [1.82, 2.24) is 15.2 Å². The highest BCUT2D eigenvalue weighted by atomic mass is 16.5. The molecule has 1 aromatic heterocycles. The van der Waals surface area contributed by atoms with E-state index in [1.807, 2.05) is 42.5 Å². The molecule has 0 bridgehead atoms. The van der Waals surface area contributed by atoms with Gasteiger partial charge in [0.2, 0.25) is 0 Å². The van der Waals surface area contributed by atoms with E-state index in [1.165, 1.54) is 6.42 Å². The number of benzene rings is 2. The van der Waals surface area contributed by atoms with Gasteiger partial charge in [0.25, 0.3) is 11.8 Å². The van der Waals surface area contributed by atoms with E-state index in [-0.39, 0.29) is 24.4 Å². The molecule has 1 fully saturated rings. The molecule has 2 aromatic carbocycles. The second kappa shape index (κ2) is 9.41. The summed E-state index contributed by atoms with van der Waals surface area (Å²) in [6.07, 6.45) is 6.89. The summed E-state index contributed by atoms with van der Waals surface area (Å²) in [6, 6.07) is 18.3. The Bertz CT molecular complexity index is 1220. The molecule has 180 valence electrons. The van der Waals surface area contributed by atoms with Gasteiger partial charge < -0.3 is 20.7 Å². The Hall–Kier alpha value is -3.87. The SMILES string of the molecule is COc1ccc(CN2C(=O)c3cc(N)ccc3C2(C(=O)NC2CCCCC2)c2ccccn2)cc1. The number of nitrogens with two attached hydrogens (primary N) is 1. The van der Waals surface area contributed by atoms with E-state index in [0.29, 0.717) is 22.5 Å². The highest BCUT2D eigenvalue weighted by Gasteiger charge is 2.57. The van der Waals surface area contributed by atoms with Gasteiger partial charge in [0.15, 0.2) is 5.54 Å². The van der Waals surface area contributed by atoms with E-state index in [9.17, 15) is 9.59 Å². The smallest absolute Gasteiger partial charge is 0.257 e. The summed E-state index contributed by atoms with van der Waals surface area (Å²) in [4.78, 5) is 34.5. The monoisotopic (exact) mass is 470 g/mol. The normalized spacial score (nSPS) is 19.9.